The zero-order chi connectivity index (χ0) is 22.4. The Hall–Kier alpha value is -3.22. The summed E-state index contributed by atoms with van der Waals surface area (Å²) >= 11 is 9.49. The molecule has 0 fully saturated rings. The maximum absolute atomic E-state index is 13.0. The van der Waals surface area contributed by atoms with E-state index < -0.39 is 11.8 Å². The molecule has 2 N–H and O–H groups in total. The largest absolute Gasteiger partial charge is 0.321 e. The van der Waals surface area contributed by atoms with E-state index in [1.807, 2.05) is 12.1 Å². The fourth-order valence-electron chi connectivity index (χ4n) is 2.73. The van der Waals surface area contributed by atoms with Crippen LogP contribution in [0.2, 0.25) is 5.02 Å². The van der Waals surface area contributed by atoms with Gasteiger partial charge in [-0.05, 0) is 55.0 Å². The van der Waals surface area contributed by atoms with Crippen molar-refractivity contribution in [3.8, 4) is 0 Å². The maximum atomic E-state index is 13.0. The van der Waals surface area contributed by atoms with E-state index in [1.165, 1.54) is 6.92 Å². The fraction of sp³-hybridized carbons (Fsp3) is 0.0417. The third-order valence-corrected chi connectivity index (χ3v) is 5.18. The van der Waals surface area contributed by atoms with Crippen LogP contribution >= 0.6 is 27.5 Å². The Labute approximate surface area is 193 Å². The smallest absolute Gasteiger partial charge is 0.272 e. The van der Waals surface area contributed by atoms with Crippen molar-refractivity contribution in [3.05, 3.63) is 105 Å². The Bertz CT molecular complexity index is 1170. The van der Waals surface area contributed by atoms with Crippen molar-refractivity contribution >= 4 is 56.9 Å². The van der Waals surface area contributed by atoms with Crippen LogP contribution in [0.4, 0.5) is 5.69 Å². The summed E-state index contributed by atoms with van der Waals surface area (Å²) in [5, 5.41) is 5.64. The van der Waals surface area contributed by atoms with E-state index in [-0.39, 0.29) is 22.1 Å². The molecule has 0 aliphatic heterocycles. The first kappa shape index (κ1) is 22.5. The Kier molecular flexibility index (Phi) is 7.39. The van der Waals surface area contributed by atoms with Crippen LogP contribution < -0.4 is 10.6 Å². The molecule has 0 unspecified atom stereocenters. The van der Waals surface area contributed by atoms with Gasteiger partial charge in [-0.15, -0.1) is 0 Å². The van der Waals surface area contributed by atoms with E-state index in [4.69, 9.17) is 11.6 Å². The van der Waals surface area contributed by atoms with Crippen molar-refractivity contribution in [2.24, 2.45) is 0 Å². The molecule has 2 amide bonds. The number of anilines is 1. The second-order valence-electron chi connectivity index (χ2n) is 6.63. The number of ketones is 1. The van der Waals surface area contributed by atoms with E-state index in [0.717, 1.165) is 4.47 Å². The molecule has 0 aliphatic rings. The van der Waals surface area contributed by atoms with Crippen LogP contribution in [0.5, 0.6) is 0 Å². The lowest BCUT2D eigenvalue weighted by atomic mass is 10.1. The number of rotatable bonds is 6. The summed E-state index contributed by atoms with van der Waals surface area (Å²) in [4.78, 5) is 37.4. The third kappa shape index (κ3) is 6.13. The number of amides is 2. The number of carbonyl (C=O) groups is 3. The first-order chi connectivity index (χ1) is 14.8. The first-order valence-corrected chi connectivity index (χ1v) is 10.5. The number of carbonyl (C=O) groups excluding carboxylic acids is 3. The number of Topliss-reactive ketones (excluding diaryl/α,β-unsaturated/α-hetero) is 1. The van der Waals surface area contributed by atoms with Gasteiger partial charge in [-0.3, -0.25) is 14.4 Å². The molecule has 3 aromatic rings. The van der Waals surface area contributed by atoms with Crippen molar-refractivity contribution in [2.75, 3.05) is 5.32 Å². The summed E-state index contributed by atoms with van der Waals surface area (Å²) in [6.45, 7) is 1.45. The number of halogens is 2. The van der Waals surface area contributed by atoms with Gasteiger partial charge in [-0.25, -0.2) is 0 Å². The van der Waals surface area contributed by atoms with E-state index in [2.05, 4.69) is 26.6 Å². The molecule has 156 valence electrons. The molecule has 3 rings (SSSR count). The lowest BCUT2D eigenvalue weighted by Gasteiger charge is -2.12. The van der Waals surface area contributed by atoms with Crippen molar-refractivity contribution in [3.63, 3.8) is 0 Å². The maximum Gasteiger partial charge on any atom is 0.272 e. The predicted octanol–water partition coefficient (Wildman–Crippen LogP) is 5.71. The van der Waals surface area contributed by atoms with E-state index in [9.17, 15) is 14.4 Å². The minimum atomic E-state index is -0.538. The minimum absolute atomic E-state index is 0.0282. The van der Waals surface area contributed by atoms with Crippen molar-refractivity contribution in [1.29, 1.82) is 0 Å². The van der Waals surface area contributed by atoms with Crippen LogP contribution in [0, 0.1) is 0 Å². The average molecular weight is 498 g/mol. The molecular weight excluding hydrogens is 480 g/mol. The van der Waals surface area contributed by atoms with Gasteiger partial charge in [0, 0.05) is 15.7 Å². The fourth-order valence-corrected chi connectivity index (χ4v) is 3.22. The Morgan fingerprint density at radius 3 is 2.32 bits per heavy atom. The molecule has 0 saturated carbocycles. The molecule has 0 saturated heterocycles. The summed E-state index contributed by atoms with van der Waals surface area (Å²) in [5.74, 6) is -1.17. The third-order valence-electron chi connectivity index (χ3n) is 4.32. The van der Waals surface area contributed by atoms with Crippen molar-refractivity contribution < 1.29 is 14.4 Å². The summed E-state index contributed by atoms with van der Waals surface area (Å²) in [7, 11) is 0. The van der Waals surface area contributed by atoms with Crippen LogP contribution in [0.1, 0.15) is 33.2 Å². The topological polar surface area (TPSA) is 75.3 Å². The highest BCUT2D eigenvalue weighted by Gasteiger charge is 2.17. The predicted molar refractivity (Wildman–Crippen MR) is 126 cm³/mol. The van der Waals surface area contributed by atoms with Gasteiger partial charge in [0.2, 0.25) is 0 Å². The van der Waals surface area contributed by atoms with Gasteiger partial charge in [0.25, 0.3) is 11.8 Å². The number of hydrogen-bond donors (Lipinski definition) is 2. The molecular formula is C24H18BrClN2O3. The second kappa shape index (κ2) is 10.2. The van der Waals surface area contributed by atoms with E-state index in [0.29, 0.717) is 16.8 Å². The minimum Gasteiger partial charge on any atom is -0.321 e. The lowest BCUT2D eigenvalue weighted by molar-refractivity contribution is -0.113. The van der Waals surface area contributed by atoms with Crippen LogP contribution in [0.15, 0.2) is 83.0 Å². The Balaban J connectivity index is 1.91. The first-order valence-electron chi connectivity index (χ1n) is 9.29. The molecule has 0 bridgehead atoms. The highest BCUT2D eigenvalue weighted by atomic mass is 79.9. The molecule has 5 nitrogen and oxygen atoms in total. The van der Waals surface area contributed by atoms with E-state index in [1.54, 1.807) is 66.7 Å². The van der Waals surface area contributed by atoms with Crippen molar-refractivity contribution in [2.45, 2.75) is 6.92 Å². The van der Waals surface area contributed by atoms with Gasteiger partial charge in [0.15, 0.2) is 5.78 Å². The van der Waals surface area contributed by atoms with Gasteiger partial charge >= 0.3 is 0 Å². The Morgan fingerprint density at radius 1 is 0.935 bits per heavy atom. The van der Waals surface area contributed by atoms with Crippen LogP contribution in [-0.2, 0) is 4.79 Å². The monoisotopic (exact) mass is 496 g/mol. The van der Waals surface area contributed by atoms with Gasteiger partial charge in [-0.1, -0.05) is 63.9 Å². The molecule has 0 heterocycles. The molecule has 31 heavy (non-hydrogen) atoms. The van der Waals surface area contributed by atoms with Gasteiger partial charge in [0.1, 0.15) is 5.70 Å². The molecule has 3 aromatic carbocycles. The molecule has 0 atom stereocenters. The highest BCUT2D eigenvalue weighted by Crippen LogP contribution is 2.18. The molecule has 7 heteroatoms. The van der Waals surface area contributed by atoms with E-state index >= 15 is 0 Å². The average Bonchev–Trinajstić information content (AvgIpc) is 2.75. The van der Waals surface area contributed by atoms with Gasteiger partial charge in [0.05, 0.1) is 10.6 Å². The number of hydrogen-bond acceptors (Lipinski definition) is 3. The molecule has 0 aromatic heterocycles. The summed E-state index contributed by atoms with van der Waals surface area (Å²) < 4.78 is 0.886. The van der Waals surface area contributed by atoms with Crippen LogP contribution in [0.3, 0.4) is 0 Å². The Morgan fingerprint density at radius 2 is 1.65 bits per heavy atom. The summed E-state index contributed by atoms with van der Waals surface area (Å²) in [5.41, 5.74) is 1.89. The van der Waals surface area contributed by atoms with Crippen molar-refractivity contribution in [1.82, 2.24) is 5.32 Å². The second-order valence-corrected chi connectivity index (χ2v) is 7.96. The quantitative estimate of drug-likeness (QED) is 0.338. The van der Waals surface area contributed by atoms with Crippen LogP contribution in [-0.4, -0.2) is 17.6 Å². The lowest BCUT2D eigenvalue weighted by Crippen LogP contribution is -2.31. The standard InChI is InChI=1S/C24H18BrClN2O3/c1-15(29)17-5-4-6-19(14-17)27-24(31)22(13-16-9-11-18(25)12-10-16)28-23(30)20-7-2-3-8-21(20)26/h2-14H,1H3,(H,27,31)(H,28,30)/b22-13-. The van der Waals surface area contributed by atoms with Crippen LogP contribution in [0.25, 0.3) is 6.08 Å². The summed E-state index contributed by atoms with van der Waals surface area (Å²) in [6, 6.07) is 20.4. The number of nitrogens with one attached hydrogen (secondary N) is 2. The molecule has 0 radical (unpaired) electrons. The highest BCUT2D eigenvalue weighted by molar-refractivity contribution is 9.10. The molecule has 0 aliphatic carbocycles. The summed E-state index contributed by atoms with van der Waals surface area (Å²) in [6.07, 6.45) is 1.56. The SMILES string of the molecule is CC(=O)c1cccc(NC(=O)/C(=C/c2ccc(Br)cc2)NC(=O)c2ccccc2Cl)c1. The van der Waals surface area contributed by atoms with Gasteiger partial charge < -0.3 is 10.6 Å². The zero-order valence-electron chi connectivity index (χ0n) is 16.5. The number of benzene rings is 3. The molecule has 0 spiro atoms. The van der Waals surface area contributed by atoms with Gasteiger partial charge in [-0.2, -0.15) is 0 Å². The normalized spacial score (nSPS) is 11.0. The zero-order valence-corrected chi connectivity index (χ0v) is 18.8.